The molecule has 0 bridgehead atoms. The Morgan fingerprint density at radius 2 is 2.04 bits per heavy atom. The molecule has 10 heteroatoms. The number of aromatic nitrogens is 1. The van der Waals surface area contributed by atoms with Gasteiger partial charge in [0.15, 0.2) is 5.13 Å². The zero-order valence-corrected chi connectivity index (χ0v) is 16.0. The van der Waals surface area contributed by atoms with Gasteiger partial charge in [0, 0.05) is 50.0 Å². The summed E-state index contributed by atoms with van der Waals surface area (Å²) in [5.74, 6) is 0. The van der Waals surface area contributed by atoms with Gasteiger partial charge in [0.1, 0.15) is 0 Å². The Labute approximate surface area is 156 Å². The number of carbonyl (C=O) groups excluding carboxylic acids is 1. The van der Waals surface area contributed by atoms with Crippen LogP contribution in [-0.4, -0.2) is 56.8 Å². The molecular weight excluding hydrogens is 374 g/mol. The van der Waals surface area contributed by atoms with Gasteiger partial charge in [-0.3, -0.25) is 4.72 Å². The molecule has 2 amide bonds. The number of urea groups is 1. The predicted octanol–water partition coefficient (Wildman–Crippen LogP) is 1.55. The molecule has 0 spiro atoms. The third-order valence-electron chi connectivity index (χ3n) is 3.93. The fourth-order valence-corrected chi connectivity index (χ4v) is 3.97. The molecule has 0 atom stereocenters. The quantitative estimate of drug-likeness (QED) is 0.801. The lowest BCUT2D eigenvalue weighted by atomic mass is 10.2. The molecule has 140 valence electrons. The van der Waals surface area contributed by atoms with Crippen molar-refractivity contribution >= 4 is 38.2 Å². The molecule has 1 aliphatic heterocycles. The standard InChI is InChI=1S/C16H21N5O3S2/c1-26(23,24)19-14-4-2-3-13(11-14)12-18-15(22)20-6-8-21(9-7-20)16-17-5-10-25-16/h2-5,10-11,19H,6-9,12H2,1H3,(H,18,22). The van der Waals surface area contributed by atoms with Gasteiger partial charge < -0.3 is 15.1 Å². The highest BCUT2D eigenvalue weighted by atomic mass is 32.2. The lowest BCUT2D eigenvalue weighted by Crippen LogP contribution is -2.51. The van der Waals surface area contributed by atoms with E-state index in [0.29, 0.717) is 25.3 Å². The summed E-state index contributed by atoms with van der Waals surface area (Å²) in [6, 6.07) is 6.85. The van der Waals surface area contributed by atoms with Crippen LogP contribution in [0.2, 0.25) is 0 Å². The molecule has 3 rings (SSSR count). The molecule has 2 heterocycles. The summed E-state index contributed by atoms with van der Waals surface area (Å²) in [4.78, 5) is 20.6. The van der Waals surface area contributed by atoms with Crippen molar-refractivity contribution in [3.05, 3.63) is 41.4 Å². The van der Waals surface area contributed by atoms with Gasteiger partial charge in [0.05, 0.1) is 6.26 Å². The van der Waals surface area contributed by atoms with Gasteiger partial charge in [-0.05, 0) is 17.7 Å². The van der Waals surface area contributed by atoms with Crippen molar-refractivity contribution in [1.82, 2.24) is 15.2 Å². The summed E-state index contributed by atoms with van der Waals surface area (Å²) in [5, 5.41) is 5.82. The average Bonchev–Trinajstić information content (AvgIpc) is 3.13. The van der Waals surface area contributed by atoms with E-state index in [9.17, 15) is 13.2 Å². The fourth-order valence-electron chi connectivity index (χ4n) is 2.72. The molecule has 0 radical (unpaired) electrons. The number of carbonyl (C=O) groups is 1. The van der Waals surface area contributed by atoms with Crippen LogP contribution in [0, 0.1) is 0 Å². The maximum Gasteiger partial charge on any atom is 0.317 e. The zero-order chi connectivity index (χ0) is 18.6. The molecule has 2 aromatic rings. The van der Waals surface area contributed by atoms with E-state index >= 15 is 0 Å². The van der Waals surface area contributed by atoms with Crippen LogP contribution in [0.15, 0.2) is 35.8 Å². The molecular formula is C16H21N5O3S2. The number of sulfonamides is 1. The molecule has 0 saturated carbocycles. The second-order valence-corrected chi connectivity index (χ2v) is 8.64. The third kappa shape index (κ3) is 5.09. The van der Waals surface area contributed by atoms with Gasteiger partial charge in [-0.2, -0.15) is 0 Å². The number of rotatable bonds is 5. The zero-order valence-electron chi connectivity index (χ0n) is 14.4. The number of nitrogens with zero attached hydrogens (tertiary/aromatic N) is 3. The van der Waals surface area contributed by atoms with Crippen LogP contribution >= 0.6 is 11.3 Å². The number of anilines is 2. The van der Waals surface area contributed by atoms with Crippen LogP contribution in [0.3, 0.4) is 0 Å². The number of hydrogen-bond donors (Lipinski definition) is 2. The van der Waals surface area contributed by atoms with E-state index in [1.807, 2.05) is 11.4 Å². The first kappa shape index (κ1) is 18.5. The largest absolute Gasteiger partial charge is 0.345 e. The Morgan fingerprint density at radius 1 is 1.27 bits per heavy atom. The van der Waals surface area contributed by atoms with Crippen molar-refractivity contribution in [3.8, 4) is 0 Å². The molecule has 1 aliphatic rings. The lowest BCUT2D eigenvalue weighted by Gasteiger charge is -2.34. The second-order valence-electron chi connectivity index (χ2n) is 6.02. The van der Waals surface area contributed by atoms with Crippen LogP contribution in [0.1, 0.15) is 5.56 Å². The Kier molecular flexibility index (Phi) is 5.62. The first-order chi connectivity index (χ1) is 12.4. The highest BCUT2D eigenvalue weighted by Gasteiger charge is 2.22. The maximum absolute atomic E-state index is 12.4. The topological polar surface area (TPSA) is 94.6 Å². The average molecular weight is 396 g/mol. The normalized spacial score (nSPS) is 15.0. The van der Waals surface area contributed by atoms with Crippen LogP contribution in [0.5, 0.6) is 0 Å². The molecule has 1 saturated heterocycles. The Hall–Kier alpha value is -2.33. The molecule has 1 aromatic carbocycles. The predicted molar refractivity (Wildman–Crippen MR) is 103 cm³/mol. The van der Waals surface area contributed by atoms with E-state index in [0.717, 1.165) is 30.0 Å². The van der Waals surface area contributed by atoms with Crippen LogP contribution in [0.4, 0.5) is 15.6 Å². The molecule has 0 unspecified atom stereocenters. The number of amides is 2. The monoisotopic (exact) mass is 395 g/mol. The van der Waals surface area contributed by atoms with E-state index < -0.39 is 10.0 Å². The third-order valence-corrected chi connectivity index (χ3v) is 5.37. The molecule has 26 heavy (non-hydrogen) atoms. The van der Waals surface area contributed by atoms with Gasteiger partial charge in [0.2, 0.25) is 10.0 Å². The second kappa shape index (κ2) is 7.92. The molecule has 2 N–H and O–H groups in total. The summed E-state index contributed by atoms with van der Waals surface area (Å²) in [6.07, 6.45) is 2.89. The minimum Gasteiger partial charge on any atom is -0.345 e. The van der Waals surface area contributed by atoms with Crippen molar-refractivity contribution in [1.29, 1.82) is 0 Å². The van der Waals surface area contributed by atoms with Crippen molar-refractivity contribution in [2.45, 2.75) is 6.54 Å². The number of benzene rings is 1. The number of piperazine rings is 1. The van der Waals surface area contributed by atoms with Crippen molar-refractivity contribution < 1.29 is 13.2 Å². The summed E-state index contributed by atoms with van der Waals surface area (Å²) in [6.45, 7) is 3.14. The Bertz CT molecular complexity index is 847. The van der Waals surface area contributed by atoms with E-state index in [-0.39, 0.29) is 6.03 Å². The number of hydrogen-bond acceptors (Lipinski definition) is 6. The fraction of sp³-hybridized carbons (Fsp3) is 0.375. The van der Waals surface area contributed by atoms with E-state index in [1.54, 1.807) is 40.6 Å². The summed E-state index contributed by atoms with van der Waals surface area (Å²) in [7, 11) is -3.32. The minimum atomic E-state index is -3.32. The van der Waals surface area contributed by atoms with Crippen molar-refractivity contribution in [2.75, 3.05) is 42.1 Å². The smallest absolute Gasteiger partial charge is 0.317 e. The van der Waals surface area contributed by atoms with Gasteiger partial charge >= 0.3 is 6.03 Å². The first-order valence-corrected chi connectivity index (χ1v) is 10.9. The molecule has 1 fully saturated rings. The number of thiazole rings is 1. The number of nitrogens with one attached hydrogen (secondary N) is 2. The maximum atomic E-state index is 12.4. The van der Waals surface area contributed by atoms with Crippen molar-refractivity contribution in [2.24, 2.45) is 0 Å². The van der Waals surface area contributed by atoms with Gasteiger partial charge in [-0.25, -0.2) is 18.2 Å². The van der Waals surface area contributed by atoms with Gasteiger partial charge in [-0.1, -0.05) is 12.1 Å². The van der Waals surface area contributed by atoms with Crippen LogP contribution < -0.4 is 14.9 Å². The van der Waals surface area contributed by atoms with Gasteiger partial charge in [-0.15, -0.1) is 11.3 Å². The molecule has 0 aliphatic carbocycles. The van der Waals surface area contributed by atoms with E-state index in [2.05, 4.69) is 19.9 Å². The Balaban J connectivity index is 1.49. The minimum absolute atomic E-state index is 0.120. The Morgan fingerprint density at radius 3 is 2.69 bits per heavy atom. The highest BCUT2D eigenvalue weighted by molar-refractivity contribution is 7.92. The van der Waals surface area contributed by atoms with Crippen molar-refractivity contribution in [3.63, 3.8) is 0 Å². The van der Waals surface area contributed by atoms with E-state index in [1.165, 1.54) is 0 Å². The first-order valence-electron chi connectivity index (χ1n) is 8.15. The highest BCUT2D eigenvalue weighted by Crippen LogP contribution is 2.19. The van der Waals surface area contributed by atoms with Crippen LogP contribution in [-0.2, 0) is 16.6 Å². The summed E-state index contributed by atoms with van der Waals surface area (Å²) in [5.41, 5.74) is 1.31. The summed E-state index contributed by atoms with van der Waals surface area (Å²) < 4.78 is 25.0. The SMILES string of the molecule is CS(=O)(=O)Nc1cccc(CNC(=O)N2CCN(c3nccs3)CC2)c1. The summed E-state index contributed by atoms with van der Waals surface area (Å²) >= 11 is 1.60. The molecule has 1 aromatic heterocycles. The molecule has 8 nitrogen and oxygen atoms in total. The van der Waals surface area contributed by atoms with Gasteiger partial charge in [0.25, 0.3) is 0 Å². The van der Waals surface area contributed by atoms with Crippen LogP contribution in [0.25, 0.3) is 0 Å². The lowest BCUT2D eigenvalue weighted by molar-refractivity contribution is 0.194. The van der Waals surface area contributed by atoms with E-state index in [4.69, 9.17) is 0 Å².